The van der Waals surface area contributed by atoms with E-state index in [4.69, 9.17) is 4.52 Å². The Bertz CT molecular complexity index is 753. The Morgan fingerprint density at radius 3 is 2.79 bits per heavy atom. The van der Waals surface area contributed by atoms with Gasteiger partial charge in [-0.25, -0.2) is 0 Å². The van der Waals surface area contributed by atoms with Gasteiger partial charge in [-0.3, -0.25) is 9.69 Å². The first kappa shape index (κ1) is 15.3. The molecule has 2 fully saturated rings. The number of carbonyl (C=O) groups excluding carboxylic acids is 1. The third-order valence-electron chi connectivity index (χ3n) is 5.00. The normalized spacial score (nSPS) is 21.9. The molecule has 0 N–H and O–H groups in total. The molecule has 1 aromatic heterocycles. The van der Waals surface area contributed by atoms with Crippen LogP contribution in [0.1, 0.15) is 52.4 Å². The van der Waals surface area contributed by atoms with Gasteiger partial charge >= 0.3 is 0 Å². The van der Waals surface area contributed by atoms with Gasteiger partial charge in [-0.1, -0.05) is 23.4 Å². The summed E-state index contributed by atoms with van der Waals surface area (Å²) in [4.78, 5) is 21.5. The lowest BCUT2D eigenvalue weighted by molar-refractivity contribution is 0.0488. The van der Waals surface area contributed by atoms with E-state index < -0.39 is 0 Å². The Morgan fingerprint density at radius 1 is 1.25 bits per heavy atom. The number of rotatable bonds is 3. The maximum Gasteiger partial charge on any atom is 0.254 e. The number of aryl methyl sites for hydroxylation is 1. The second-order valence-electron chi connectivity index (χ2n) is 6.83. The summed E-state index contributed by atoms with van der Waals surface area (Å²) in [6, 6.07) is 7.69. The summed E-state index contributed by atoms with van der Waals surface area (Å²) < 4.78 is 5.49. The molecule has 1 atom stereocenters. The van der Waals surface area contributed by atoms with Gasteiger partial charge in [0.25, 0.3) is 5.91 Å². The zero-order valence-corrected chi connectivity index (χ0v) is 14.1. The number of carbonyl (C=O) groups is 1. The fraction of sp³-hybridized carbons (Fsp3) is 0.500. The number of amides is 1. The summed E-state index contributed by atoms with van der Waals surface area (Å²) in [6.07, 6.45) is 2.30. The minimum atomic E-state index is -0.0354. The van der Waals surface area contributed by atoms with Gasteiger partial charge in [0, 0.05) is 31.1 Å². The second kappa shape index (κ2) is 6.02. The van der Waals surface area contributed by atoms with E-state index in [0.717, 1.165) is 36.3 Å². The van der Waals surface area contributed by atoms with Crippen LogP contribution in [-0.2, 0) is 0 Å². The molecule has 1 aliphatic carbocycles. The zero-order chi connectivity index (χ0) is 16.7. The third-order valence-corrected chi connectivity index (χ3v) is 5.00. The quantitative estimate of drug-likeness (QED) is 0.866. The molecule has 1 aliphatic heterocycles. The molecule has 4 rings (SSSR count). The first-order valence-electron chi connectivity index (χ1n) is 8.52. The number of likely N-dealkylation sites (N-methyl/N-ethyl adjacent to an activating group) is 1. The number of hydrogen-bond donors (Lipinski definition) is 0. The summed E-state index contributed by atoms with van der Waals surface area (Å²) in [5.41, 5.74) is 1.77. The molecule has 1 saturated carbocycles. The van der Waals surface area contributed by atoms with Crippen LogP contribution >= 0.6 is 0 Å². The smallest absolute Gasteiger partial charge is 0.254 e. The molecule has 1 aromatic carbocycles. The summed E-state index contributed by atoms with van der Waals surface area (Å²) in [7, 11) is 2.04. The second-order valence-corrected chi connectivity index (χ2v) is 6.83. The topological polar surface area (TPSA) is 62.5 Å². The molecule has 126 valence electrons. The lowest BCUT2D eigenvalue weighted by atomic mass is 10.1. The minimum Gasteiger partial charge on any atom is -0.338 e. The van der Waals surface area contributed by atoms with Crippen molar-refractivity contribution in [3.63, 3.8) is 0 Å². The van der Waals surface area contributed by atoms with Gasteiger partial charge in [0.05, 0.1) is 0 Å². The highest BCUT2D eigenvalue weighted by molar-refractivity contribution is 5.95. The maximum absolute atomic E-state index is 12.9. The number of nitrogens with zero attached hydrogens (tertiary/aromatic N) is 4. The predicted molar refractivity (Wildman–Crippen MR) is 88.7 cm³/mol. The van der Waals surface area contributed by atoms with Crippen LogP contribution < -0.4 is 0 Å². The SMILES string of the molecule is Cc1ccccc1C(=O)N1CCN(C)[C@@H](c2nc(C3CC3)no2)C1. The minimum absolute atomic E-state index is 0.0354. The van der Waals surface area contributed by atoms with E-state index in [9.17, 15) is 4.79 Å². The van der Waals surface area contributed by atoms with E-state index in [1.54, 1.807) is 0 Å². The first-order chi connectivity index (χ1) is 11.6. The number of hydrogen-bond acceptors (Lipinski definition) is 5. The molecule has 2 aromatic rings. The van der Waals surface area contributed by atoms with Crippen molar-refractivity contribution in [3.05, 3.63) is 47.1 Å². The van der Waals surface area contributed by atoms with Gasteiger partial charge in [0.1, 0.15) is 6.04 Å². The van der Waals surface area contributed by atoms with Crippen molar-refractivity contribution < 1.29 is 9.32 Å². The fourth-order valence-corrected chi connectivity index (χ4v) is 3.20. The average molecular weight is 326 g/mol. The van der Waals surface area contributed by atoms with E-state index in [2.05, 4.69) is 15.0 Å². The number of piperazine rings is 1. The van der Waals surface area contributed by atoms with E-state index >= 15 is 0 Å². The molecule has 2 aliphatic rings. The molecule has 0 spiro atoms. The van der Waals surface area contributed by atoms with Gasteiger partial charge in [0.15, 0.2) is 5.82 Å². The Morgan fingerprint density at radius 2 is 2.04 bits per heavy atom. The molecule has 24 heavy (non-hydrogen) atoms. The molecule has 6 heteroatoms. The number of aromatic nitrogens is 2. The van der Waals surface area contributed by atoms with Gasteiger partial charge in [-0.05, 0) is 38.4 Å². The Balaban J connectivity index is 1.53. The lowest BCUT2D eigenvalue weighted by Gasteiger charge is -2.37. The first-order valence-corrected chi connectivity index (χ1v) is 8.52. The van der Waals surface area contributed by atoms with Crippen molar-refractivity contribution in [1.29, 1.82) is 0 Å². The molecular weight excluding hydrogens is 304 g/mol. The lowest BCUT2D eigenvalue weighted by Crippen LogP contribution is -2.49. The summed E-state index contributed by atoms with van der Waals surface area (Å²) in [5, 5.41) is 4.11. The zero-order valence-electron chi connectivity index (χ0n) is 14.1. The highest BCUT2D eigenvalue weighted by Gasteiger charge is 2.35. The van der Waals surface area contributed by atoms with Crippen molar-refractivity contribution in [2.24, 2.45) is 0 Å². The standard InChI is InChI=1S/C18H22N4O2/c1-12-5-3-4-6-14(12)18(23)22-10-9-21(2)15(11-22)17-19-16(20-24-17)13-7-8-13/h3-6,13,15H,7-11H2,1-2H3/t15-/m1/s1. The molecule has 0 radical (unpaired) electrons. The Hall–Kier alpha value is -2.21. The molecule has 1 saturated heterocycles. The van der Waals surface area contributed by atoms with Crippen molar-refractivity contribution in [2.75, 3.05) is 26.7 Å². The fourth-order valence-electron chi connectivity index (χ4n) is 3.20. The summed E-state index contributed by atoms with van der Waals surface area (Å²) >= 11 is 0. The van der Waals surface area contributed by atoms with Crippen molar-refractivity contribution in [2.45, 2.75) is 31.7 Å². The molecule has 1 amide bonds. The van der Waals surface area contributed by atoms with Crippen molar-refractivity contribution in [3.8, 4) is 0 Å². The van der Waals surface area contributed by atoms with Crippen LogP contribution in [0.2, 0.25) is 0 Å². The van der Waals surface area contributed by atoms with Crippen LogP contribution in [0.4, 0.5) is 0 Å². The van der Waals surface area contributed by atoms with Crippen molar-refractivity contribution in [1.82, 2.24) is 19.9 Å². The van der Waals surface area contributed by atoms with E-state index in [1.807, 2.05) is 43.1 Å². The highest BCUT2D eigenvalue weighted by Crippen LogP contribution is 2.38. The molecule has 0 bridgehead atoms. The third kappa shape index (κ3) is 2.82. The van der Waals surface area contributed by atoms with Gasteiger partial charge in [-0.2, -0.15) is 4.98 Å². The highest BCUT2D eigenvalue weighted by atomic mass is 16.5. The Kier molecular flexibility index (Phi) is 3.84. The average Bonchev–Trinajstić information content (AvgIpc) is 3.33. The Labute approximate surface area is 141 Å². The van der Waals surface area contributed by atoms with Crippen LogP contribution in [0.3, 0.4) is 0 Å². The van der Waals surface area contributed by atoms with E-state index in [1.165, 1.54) is 0 Å². The van der Waals surface area contributed by atoms with E-state index in [0.29, 0.717) is 24.9 Å². The van der Waals surface area contributed by atoms with Crippen LogP contribution in [0.15, 0.2) is 28.8 Å². The largest absolute Gasteiger partial charge is 0.338 e. The summed E-state index contributed by atoms with van der Waals surface area (Å²) in [6.45, 7) is 4.06. The predicted octanol–water partition coefficient (Wildman–Crippen LogP) is 2.38. The molecular formula is C18H22N4O2. The van der Waals surface area contributed by atoms with Gasteiger partial charge < -0.3 is 9.42 Å². The molecule has 2 heterocycles. The van der Waals surface area contributed by atoms with Crippen LogP contribution in [0.5, 0.6) is 0 Å². The number of benzene rings is 1. The summed E-state index contributed by atoms with van der Waals surface area (Å²) in [5.74, 6) is 2.00. The van der Waals surface area contributed by atoms with Gasteiger partial charge in [0.2, 0.25) is 5.89 Å². The monoisotopic (exact) mass is 326 g/mol. The molecule has 0 unspecified atom stereocenters. The maximum atomic E-state index is 12.9. The van der Waals surface area contributed by atoms with Gasteiger partial charge in [-0.15, -0.1) is 0 Å². The van der Waals surface area contributed by atoms with Crippen LogP contribution in [0.25, 0.3) is 0 Å². The van der Waals surface area contributed by atoms with Crippen LogP contribution in [0, 0.1) is 6.92 Å². The van der Waals surface area contributed by atoms with Crippen LogP contribution in [-0.4, -0.2) is 52.5 Å². The van der Waals surface area contributed by atoms with Crippen molar-refractivity contribution >= 4 is 5.91 Å². The van der Waals surface area contributed by atoms with E-state index in [-0.39, 0.29) is 11.9 Å². The molecule has 6 nitrogen and oxygen atoms in total.